The summed E-state index contributed by atoms with van der Waals surface area (Å²) in [5, 5.41) is 7.37. The molecule has 0 aliphatic heterocycles. The van der Waals surface area contributed by atoms with Crippen molar-refractivity contribution in [2.45, 2.75) is 44.2 Å². The highest BCUT2D eigenvalue weighted by molar-refractivity contribution is 5.56. The van der Waals surface area contributed by atoms with Crippen LogP contribution in [0.15, 0.2) is 5.10 Å². The van der Waals surface area contributed by atoms with E-state index in [1.54, 1.807) is 6.21 Å². The lowest BCUT2D eigenvalue weighted by Crippen LogP contribution is -2.49. The number of hydrazone groups is 1. The van der Waals surface area contributed by atoms with Gasteiger partial charge in [-0.05, 0) is 33.4 Å². The van der Waals surface area contributed by atoms with Gasteiger partial charge in [0.2, 0.25) is 0 Å². The van der Waals surface area contributed by atoms with Crippen LogP contribution in [0.3, 0.4) is 0 Å². The zero-order valence-corrected chi connectivity index (χ0v) is 10.4. The molecule has 0 amide bonds. The summed E-state index contributed by atoms with van der Waals surface area (Å²) < 4.78 is 0. The molecule has 1 saturated carbocycles. The topological polar surface area (TPSA) is 65.7 Å². The molecule has 0 aromatic heterocycles. The maximum Gasteiger partial charge on any atom is 0.0270 e. The van der Waals surface area contributed by atoms with Crippen molar-refractivity contribution < 1.29 is 0 Å². The van der Waals surface area contributed by atoms with Crippen molar-refractivity contribution in [1.29, 1.82) is 0 Å². The standard InChI is InChI=1S/C11H25N5/c1-16(2)11-7-4-3-6-10(11)13-8-5-9-14-15-12/h9-11,13,15H,3-8,12H2,1-2H3/b14-9-/t10-,11-/m1/s1. The molecule has 1 fully saturated rings. The Bertz CT molecular complexity index is 205. The third-order valence-electron chi connectivity index (χ3n) is 3.24. The first-order valence-electron chi connectivity index (χ1n) is 6.12. The van der Waals surface area contributed by atoms with Gasteiger partial charge in [0, 0.05) is 24.8 Å². The summed E-state index contributed by atoms with van der Waals surface area (Å²) in [4.78, 5) is 2.34. The summed E-state index contributed by atoms with van der Waals surface area (Å²) in [5.41, 5.74) is 2.27. The van der Waals surface area contributed by atoms with Crippen LogP contribution in [0.2, 0.25) is 0 Å². The van der Waals surface area contributed by atoms with Crippen molar-refractivity contribution >= 4 is 6.21 Å². The van der Waals surface area contributed by atoms with E-state index in [2.05, 4.69) is 34.9 Å². The smallest absolute Gasteiger partial charge is 0.0270 e. The summed E-state index contributed by atoms with van der Waals surface area (Å²) in [5.74, 6) is 5.04. The van der Waals surface area contributed by atoms with Crippen LogP contribution in [-0.4, -0.2) is 43.8 Å². The fourth-order valence-corrected chi connectivity index (χ4v) is 2.42. The summed E-state index contributed by atoms with van der Waals surface area (Å²) in [6.45, 7) is 0.972. The van der Waals surface area contributed by atoms with E-state index < -0.39 is 0 Å². The van der Waals surface area contributed by atoms with Crippen molar-refractivity contribution in [3.8, 4) is 0 Å². The molecular formula is C11H25N5. The summed E-state index contributed by atoms with van der Waals surface area (Å²) in [6.07, 6.45) is 8.03. The highest BCUT2D eigenvalue weighted by Crippen LogP contribution is 2.21. The summed E-state index contributed by atoms with van der Waals surface area (Å²) in [7, 11) is 4.34. The van der Waals surface area contributed by atoms with E-state index >= 15 is 0 Å². The van der Waals surface area contributed by atoms with Gasteiger partial charge in [-0.15, -0.1) is 0 Å². The summed E-state index contributed by atoms with van der Waals surface area (Å²) in [6, 6.07) is 1.31. The average molecular weight is 227 g/mol. The fourth-order valence-electron chi connectivity index (χ4n) is 2.42. The lowest BCUT2D eigenvalue weighted by molar-refractivity contribution is 0.178. The number of nitrogens with one attached hydrogen (secondary N) is 2. The van der Waals surface area contributed by atoms with E-state index in [-0.39, 0.29) is 0 Å². The third kappa shape index (κ3) is 4.47. The van der Waals surface area contributed by atoms with Crippen LogP contribution in [0.4, 0.5) is 0 Å². The molecule has 2 atom stereocenters. The Morgan fingerprint density at radius 1 is 1.38 bits per heavy atom. The molecule has 0 spiro atoms. The average Bonchev–Trinajstić information content (AvgIpc) is 2.29. The van der Waals surface area contributed by atoms with Gasteiger partial charge in [0.1, 0.15) is 0 Å². The van der Waals surface area contributed by atoms with E-state index in [0.29, 0.717) is 12.1 Å². The maximum atomic E-state index is 5.04. The van der Waals surface area contributed by atoms with Crippen LogP contribution < -0.4 is 16.7 Å². The quantitative estimate of drug-likeness (QED) is 0.264. The first-order valence-corrected chi connectivity index (χ1v) is 6.12. The Morgan fingerprint density at radius 2 is 2.12 bits per heavy atom. The number of hydrogen-bond donors (Lipinski definition) is 3. The Kier molecular flexibility index (Phi) is 6.37. The molecule has 5 heteroatoms. The first kappa shape index (κ1) is 13.4. The highest BCUT2D eigenvalue weighted by atomic mass is 15.5. The minimum absolute atomic E-state index is 0.628. The Hall–Kier alpha value is -0.650. The van der Waals surface area contributed by atoms with Crippen LogP contribution in [-0.2, 0) is 0 Å². The molecule has 1 rings (SSSR count). The number of hydrazine groups is 1. The molecule has 5 nitrogen and oxygen atoms in total. The van der Waals surface area contributed by atoms with Gasteiger partial charge in [-0.1, -0.05) is 12.8 Å². The van der Waals surface area contributed by atoms with Gasteiger partial charge >= 0.3 is 0 Å². The molecule has 1 aliphatic carbocycles. The second kappa shape index (κ2) is 7.60. The van der Waals surface area contributed by atoms with Gasteiger partial charge in [-0.25, -0.2) is 11.4 Å². The molecule has 0 saturated heterocycles. The van der Waals surface area contributed by atoms with Gasteiger partial charge in [0.05, 0.1) is 0 Å². The van der Waals surface area contributed by atoms with Crippen molar-refractivity contribution in [3.05, 3.63) is 0 Å². The molecule has 0 heterocycles. The maximum absolute atomic E-state index is 5.04. The lowest BCUT2D eigenvalue weighted by atomic mass is 9.89. The predicted octanol–water partition coefficient (Wildman–Crippen LogP) is 0.288. The van der Waals surface area contributed by atoms with Crippen LogP contribution in [0, 0.1) is 0 Å². The van der Waals surface area contributed by atoms with Crippen molar-refractivity contribution in [3.63, 3.8) is 0 Å². The van der Waals surface area contributed by atoms with E-state index in [4.69, 9.17) is 5.84 Å². The third-order valence-corrected chi connectivity index (χ3v) is 3.24. The van der Waals surface area contributed by atoms with Gasteiger partial charge in [-0.2, -0.15) is 5.10 Å². The van der Waals surface area contributed by atoms with Crippen LogP contribution >= 0.6 is 0 Å². The number of rotatable bonds is 6. The van der Waals surface area contributed by atoms with E-state index in [1.165, 1.54) is 25.7 Å². The Labute approximate surface area is 98.4 Å². The largest absolute Gasteiger partial charge is 0.312 e. The molecule has 16 heavy (non-hydrogen) atoms. The lowest BCUT2D eigenvalue weighted by Gasteiger charge is -2.36. The molecule has 94 valence electrons. The second-order valence-electron chi connectivity index (χ2n) is 4.61. The van der Waals surface area contributed by atoms with Crippen LogP contribution in [0.5, 0.6) is 0 Å². The molecule has 0 bridgehead atoms. The van der Waals surface area contributed by atoms with Crippen molar-refractivity contribution in [2.75, 3.05) is 20.6 Å². The fraction of sp³-hybridized carbons (Fsp3) is 0.909. The van der Waals surface area contributed by atoms with Crippen LogP contribution in [0.1, 0.15) is 32.1 Å². The Morgan fingerprint density at radius 3 is 2.81 bits per heavy atom. The molecule has 0 unspecified atom stereocenters. The molecule has 0 aromatic rings. The van der Waals surface area contributed by atoms with Gasteiger partial charge < -0.3 is 10.2 Å². The zero-order valence-electron chi connectivity index (χ0n) is 10.4. The summed E-state index contributed by atoms with van der Waals surface area (Å²) >= 11 is 0. The Balaban J connectivity index is 2.24. The minimum Gasteiger partial charge on any atom is -0.312 e. The van der Waals surface area contributed by atoms with Gasteiger partial charge in [0.25, 0.3) is 0 Å². The molecular weight excluding hydrogens is 202 g/mol. The number of hydrogen-bond acceptors (Lipinski definition) is 5. The van der Waals surface area contributed by atoms with Gasteiger partial charge in [-0.3, -0.25) is 0 Å². The monoisotopic (exact) mass is 227 g/mol. The van der Waals surface area contributed by atoms with Crippen LogP contribution in [0.25, 0.3) is 0 Å². The number of nitrogens with two attached hydrogens (primary N) is 1. The van der Waals surface area contributed by atoms with Crippen molar-refractivity contribution in [1.82, 2.24) is 15.8 Å². The van der Waals surface area contributed by atoms with Gasteiger partial charge in [0.15, 0.2) is 0 Å². The number of likely N-dealkylation sites (N-methyl/N-ethyl adjacent to an activating group) is 1. The molecule has 0 aromatic carbocycles. The van der Waals surface area contributed by atoms with E-state index in [9.17, 15) is 0 Å². The van der Waals surface area contributed by atoms with E-state index in [1.807, 2.05) is 0 Å². The highest BCUT2D eigenvalue weighted by Gasteiger charge is 2.25. The normalized spacial score (nSPS) is 26.5. The SMILES string of the molecule is CN(C)[C@@H]1CCCC[C@H]1NCC/C=N\NN. The number of nitrogens with zero attached hydrogens (tertiary/aromatic N) is 2. The molecule has 1 aliphatic rings. The zero-order chi connectivity index (χ0) is 11.8. The predicted molar refractivity (Wildman–Crippen MR) is 68.2 cm³/mol. The van der Waals surface area contributed by atoms with E-state index in [0.717, 1.165) is 13.0 Å². The second-order valence-corrected chi connectivity index (χ2v) is 4.61. The van der Waals surface area contributed by atoms with Crippen molar-refractivity contribution in [2.24, 2.45) is 10.9 Å². The molecule has 0 radical (unpaired) electrons. The first-order chi connectivity index (χ1) is 7.75. The molecule has 4 N–H and O–H groups in total. The minimum atomic E-state index is 0.628.